The van der Waals surface area contributed by atoms with Crippen molar-refractivity contribution in [2.24, 2.45) is 0 Å². The number of fused-ring (bicyclic) bond motifs is 1. The number of amides is 1. The molecule has 0 saturated heterocycles. The Morgan fingerprint density at radius 3 is 2.63 bits per heavy atom. The van der Waals surface area contributed by atoms with Crippen LogP contribution in [0.1, 0.15) is 20.8 Å². The molecule has 0 spiro atoms. The molecular formula is C14H16N2O3. The van der Waals surface area contributed by atoms with Gasteiger partial charge in [-0.15, -0.1) is 0 Å². The Morgan fingerprint density at radius 2 is 1.95 bits per heavy atom. The zero-order valence-corrected chi connectivity index (χ0v) is 11.1. The number of carbonyl (C=O) groups excluding carboxylic acids is 1. The van der Waals surface area contributed by atoms with Crippen molar-refractivity contribution in [2.75, 3.05) is 5.32 Å². The highest BCUT2D eigenvalue weighted by Gasteiger charge is 2.17. The molecule has 19 heavy (non-hydrogen) atoms. The van der Waals surface area contributed by atoms with Crippen LogP contribution in [0.15, 0.2) is 35.1 Å². The van der Waals surface area contributed by atoms with E-state index in [0.29, 0.717) is 11.2 Å². The lowest BCUT2D eigenvalue weighted by molar-refractivity contribution is 0.0636. The first-order chi connectivity index (χ1) is 8.85. The van der Waals surface area contributed by atoms with Gasteiger partial charge in [-0.2, -0.15) is 0 Å². The van der Waals surface area contributed by atoms with Crippen molar-refractivity contribution < 1.29 is 9.53 Å². The predicted octanol–water partition coefficient (Wildman–Crippen LogP) is 2.88. The summed E-state index contributed by atoms with van der Waals surface area (Å²) in [6.45, 7) is 5.34. The van der Waals surface area contributed by atoms with Crippen molar-refractivity contribution in [3.05, 3.63) is 40.7 Å². The van der Waals surface area contributed by atoms with Gasteiger partial charge in [0.05, 0.1) is 11.2 Å². The summed E-state index contributed by atoms with van der Waals surface area (Å²) in [6.07, 6.45) is -0.580. The molecule has 1 aromatic heterocycles. The number of benzene rings is 1. The predicted molar refractivity (Wildman–Crippen MR) is 74.4 cm³/mol. The normalized spacial score (nSPS) is 11.3. The molecular weight excluding hydrogens is 244 g/mol. The number of nitrogens with one attached hydrogen (secondary N) is 2. The molecule has 5 heteroatoms. The highest BCUT2D eigenvalue weighted by atomic mass is 16.6. The van der Waals surface area contributed by atoms with E-state index in [0.717, 1.165) is 5.39 Å². The average molecular weight is 260 g/mol. The second kappa shape index (κ2) is 4.76. The largest absolute Gasteiger partial charge is 0.444 e. The molecule has 0 bridgehead atoms. The summed E-state index contributed by atoms with van der Waals surface area (Å²) < 4.78 is 5.17. The number of H-pyrrole nitrogens is 1. The van der Waals surface area contributed by atoms with Gasteiger partial charge in [-0.3, -0.25) is 10.1 Å². The maximum Gasteiger partial charge on any atom is 0.412 e. The van der Waals surface area contributed by atoms with Gasteiger partial charge in [0.25, 0.3) is 0 Å². The lowest BCUT2D eigenvalue weighted by atomic mass is 10.2. The smallest absolute Gasteiger partial charge is 0.412 e. The van der Waals surface area contributed by atoms with E-state index in [1.807, 2.05) is 18.2 Å². The molecule has 0 aliphatic heterocycles. The standard InChI is InChI=1S/C14H16N2O3/c1-14(2,3)19-13(18)16-11-8-12(17)15-10-7-5-4-6-9(10)11/h4-8H,1-3H3,(H2,15,16,17,18). The third-order valence-corrected chi connectivity index (χ3v) is 2.39. The van der Waals surface area contributed by atoms with Crippen LogP contribution in [0.5, 0.6) is 0 Å². The first-order valence-corrected chi connectivity index (χ1v) is 5.97. The third kappa shape index (κ3) is 3.34. The molecule has 2 N–H and O–H groups in total. The highest BCUT2D eigenvalue weighted by Crippen LogP contribution is 2.20. The molecule has 0 atom stereocenters. The fourth-order valence-corrected chi connectivity index (χ4v) is 1.72. The zero-order valence-electron chi connectivity index (χ0n) is 11.1. The van der Waals surface area contributed by atoms with Crippen molar-refractivity contribution in [1.29, 1.82) is 0 Å². The Kier molecular flexibility index (Phi) is 3.29. The van der Waals surface area contributed by atoms with Crippen LogP contribution >= 0.6 is 0 Å². The Morgan fingerprint density at radius 1 is 1.26 bits per heavy atom. The van der Waals surface area contributed by atoms with Gasteiger partial charge in [0, 0.05) is 11.5 Å². The topological polar surface area (TPSA) is 71.2 Å². The molecule has 1 amide bonds. The molecule has 1 heterocycles. The second-order valence-corrected chi connectivity index (χ2v) is 5.22. The van der Waals surface area contributed by atoms with Crippen LogP contribution in [0.2, 0.25) is 0 Å². The third-order valence-electron chi connectivity index (χ3n) is 2.39. The van der Waals surface area contributed by atoms with Crippen LogP contribution in [0.25, 0.3) is 10.9 Å². The van der Waals surface area contributed by atoms with E-state index in [2.05, 4.69) is 10.3 Å². The van der Waals surface area contributed by atoms with E-state index in [-0.39, 0.29) is 5.56 Å². The first kappa shape index (κ1) is 13.1. The van der Waals surface area contributed by atoms with Gasteiger partial charge in [-0.05, 0) is 26.8 Å². The average Bonchev–Trinajstić information content (AvgIpc) is 2.25. The van der Waals surface area contributed by atoms with Crippen LogP contribution in [0, 0.1) is 0 Å². The Balaban J connectivity index is 2.35. The number of hydrogen-bond donors (Lipinski definition) is 2. The number of hydrogen-bond acceptors (Lipinski definition) is 3. The number of anilines is 1. The maximum absolute atomic E-state index is 11.7. The van der Waals surface area contributed by atoms with Crippen LogP contribution < -0.4 is 10.9 Å². The summed E-state index contributed by atoms with van der Waals surface area (Å²) >= 11 is 0. The summed E-state index contributed by atoms with van der Waals surface area (Å²) in [6, 6.07) is 8.58. The molecule has 0 radical (unpaired) electrons. The fourth-order valence-electron chi connectivity index (χ4n) is 1.72. The van der Waals surface area contributed by atoms with E-state index in [1.165, 1.54) is 6.07 Å². The summed E-state index contributed by atoms with van der Waals surface area (Å²) in [5, 5.41) is 3.36. The number of ether oxygens (including phenoxy) is 1. The minimum Gasteiger partial charge on any atom is -0.444 e. The first-order valence-electron chi connectivity index (χ1n) is 5.97. The van der Waals surface area contributed by atoms with Crippen molar-refractivity contribution >= 4 is 22.7 Å². The summed E-state index contributed by atoms with van der Waals surface area (Å²) in [4.78, 5) is 26.0. The van der Waals surface area contributed by atoms with Gasteiger partial charge >= 0.3 is 6.09 Å². The SMILES string of the molecule is CC(C)(C)OC(=O)Nc1cc(=O)[nH]c2ccccc12. The molecule has 1 aromatic carbocycles. The van der Waals surface area contributed by atoms with Gasteiger partial charge in [0.2, 0.25) is 5.56 Å². The molecule has 2 rings (SSSR count). The van der Waals surface area contributed by atoms with E-state index >= 15 is 0 Å². The van der Waals surface area contributed by atoms with E-state index in [4.69, 9.17) is 4.74 Å². The van der Waals surface area contributed by atoms with E-state index in [1.54, 1.807) is 26.8 Å². The molecule has 0 unspecified atom stereocenters. The fraction of sp³-hybridized carbons (Fsp3) is 0.286. The van der Waals surface area contributed by atoms with Crippen molar-refractivity contribution in [1.82, 2.24) is 4.98 Å². The Bertz CT molecular complexity index is 668. The molecule has 2 aromatic rings. The number of pyridine rings is 1. The summed E-state index contributed by atoms with van der Waals surface area (Å²) in [5.74, 6) is 0. The van der Waals surface area contributed by atoms with Crippen molar-refractivity contribution in [2.45, 2.75) is 26.4 Å². The molecule has 0 fully saturated rings. The lowest BCUT2D eigenvalue weighted by Gasteiger charge is -2.20. The number of carbonyl (C=O) groups is 1. The van der Waals surface area contributed by atoms with Crippen LogP contribution in [-0.4, -0.2) is 16.7 Å². The zero-order chi connectivity index (χ0) is 14.0. The van der Waals surface area contributed by atoms with Gasteiger partial charge in [0.15, 0.2) is 0 Å². The number of aromatic nitrogens is 1. The minimum absolute atomic E-state index is 0.273. The van der Waals surface area contributed by atoms with Gasteiger partial charge < -0.3 is 9.72 Å². The van der Waals surface area contributed by atoms with Crippen LogP contribution in [-0.2, 0) is 4.74 Å². The van der Waals surface area contributed by atoms with Gasteiger partial charge in [0.1, 0.15) is 5.60 Å². The lowest BCUT2D eigenvalue weighted by Crippen LogP contribution is -2.27. The monoisotopic (exact) mass is 260 g/mol. The maximum atomic E-state index is 11.7. The Hall–Kier alpha value is -2.30. The van der Waals surface area contributed by atoms with Crippen molar-refractivity contribution in [3.63, 3.8) is 0 Å². The second-order valence-electron chi connectivity index (χ2n) is 5.22. The van der Waals surface area contributed by atoms with Gasteiger partial charge in [-0.1, -0.05) is 18.2 Å². The molecule has 0 aliphatic rings. The van der Waals surface area contributed by atoms with Crippen LogP contribution in [0.3, 0.4) is 0 Å². The number of rotatable bonds is 1. The quantitative estimate of drug-likeness (QED) is 0.828. The van der Waals surface area contributed by atoms with Crippen molar-refractivity contribution in [3.8, 4) is 0 Å². The summed E-state index contributed by atoms with van der Waals surface area (Å²) in [7, 11) is 0. The Labute approximate surface area is 110 Å². The minimum atomic E-state index is -0.582. The summed E-state index contributed by atoms with van der Waals surface area (Å²) in [5.41, 5.74) is 0.251. The molecule has 100 valence electrons. The number of aromatic amines is 1. The number of para-hydroxylation sites is 1. The highest BCUT2D eigenvalue weighted by molar-refractivity contribution is 5.98. The van der Waals surface area contributed by atoms with Crippen LogP contribution in [0.4, 0.5) is 10.5 Å². The van der Waals surface area contributed by atoms with E-state index in [9.17, 15) is 9.59 Å². The van der Waals surface area contributed by atoms with E-state index < -0.39 is 11.7 Å². The molecule has 0 saturated carbocycles. The molecule has 5 nitrogen and oxygen atoms in total. The molecule has 0 aliphatic carbocycles. The van der Waals surface area contributed by atoms with Gasteiger partial charge in [-0.25, -0.2) is 4.79 Å².